The molecule has 0 radical (unpaired) electrons. The van der Waals surface area contributed by atoms with E-state index in [0.29, 0.717) is 5.69 Å². The lowest BCUT2D eigenvalue weighted by molar-refractivity contribution is -0.164. The second-order valence-electron chi connectivity index (χ2n) is 7.14. The van der Waals surface area contributed by atoms with Crippen molar-refractivity contribution >= 4 is 64.2 Å². The Balaban J connectivity index is 0.00000125. The summed E-state index contributed by atoms with van der Waals surface area (Å²) >= 11 is 11.9. The highest BCUT2D eigenvalue weighted by Crippen LogP contribution is 2.51. The third kappa shape index (κ3) is 4.90. The number of carbonyl (C=O) groups excluding carboxylic acids is 4. The summed E-state index contributed by atoms with van der Waals surface area (Å²) in [7, 11) is 1.22. The molecule has 3 fully saturated rings. The van der Waals surface area contributed by atoms with Crippen LogP contribution in [0.2, 0.25) is 0 Å². The van der Waals surface area contributed by atoms with E-state index in [2.05, 4.69) is 44.1 Å². The molecule has 3 aliphatic heterocycles. The summed E-state index contributed by atoms with van der Waals surface area (Å²) in [5, 5.41) is 0. The van der Waals surface area contributed by atoms with Crippen LogP contribution in [0.4, 0.5) is 5.69 Å². The van der Waals surface area contributed by atoms with Gasteiger partial charge in [-0.05, 0) is 16.7 Å². The van der Waals surface area contributed by atoms with E-state index < -0.39 is 60.0 Å². The van der Waals surface area contributed by atoms with Gasteiger partial charge in [0.05, 0.1) is 49.9 Å². The number of amides is 2. The molecule has 6 unspecified atom stereocenters. The van der Waals surface area contributed by atoms with Crippen LogP contribution in [0.5, 0.6) is 0 Å². The molecule has 33 heavy (non-hydrogen) atoms. The summed E-state index contributed by atoms with van der Waals surface area (Å²) in [4.78, 5) is 55.9. The van der Waals surface area contributed by atoms with Crippen molar-refractivity contribution in [2.24, 2.45) is 16.4 Å². The van der Waals surface area contributed by atoms with Gasteiger partial charge in [-0.2, -0.15) is 0 Å². The SMILES string of the molecule is C.COC(=O)CCC(=O)OC1C(ON=S)C2OC1C1C(=O)N(c3ccccc3)C(=O)C21.S=S. The summed E-state index contributed by atoms with van der Waals surface area (Å²) in [5.74, 6) is -3.67. The highest BCUT2D eigenvalue weighted by molar-refractivity contribution is 8.07. The van der Waals surface area contributed by atoms with Crippen molar-refractivity contribution in [1.82, 2.24) is 0 Å². The topological polar surface area (TPSA) is 121 Å². The van der Waals surface area contributed by atoms with Crippen molar-refractivity contribution in [1.29, 1.82) is 0 Å². The summed E-state index contributed by atoms with van der Waals surface area (Å²) < 4.78 is 19.0. The fraction of sp³-hybridized carbons (Fsp3) is 0.500. The number of fused-ring (bicyclic) bond motifs is 5. The van der Waals surface area contributed by atoms with Crippen LogP contribution in [-0.4, -0.2) is 55.3 Å². The lowest BCUT2D eigenvalue weighted by Gasteiger charge is -2.30. The van der Waals surface area contributed by atoms with Crippen LogP contribution in [0.15, 0.2) is 34.9 Å². The average Bonchev–Trinajstić information content (AvgIpc) is 3.44. The van der Waals surface area contributed by atoms with E-state index in [0.717, 1.165) is 4.90 Å². The first-order chi connectivity index (χ1) is 15.5. The lowest BCUT2D eigenvalue weighted by Crippen LogP contribution is -2.50. The minimum Gasteiger partial charge on any atom is -0.469 e. The summed E-state index contributed by atoms with van der Waals surface area (Å²) in [6, 6.07) is 8.56. The number of anilines is 1. The number of nitrogens with zero attached hydrogens (tertiary/aromatic N) is 2. The van der Waals surface area contributed by atoms with Crippen LogP contribution in [0.3, 0.4) is 0 Å². The van der Waals surface area contributed by atoms with Crippen molar-refractivity contribution in [2.45, 2.75) is 44.7 Å². The molecule has 13 heteroatoms. The Morgan fingerprint density at radius 1 is 1.00 bits per heavy atom. The average molecular weight is 515 g/mol. The van der Waals surface area contributed by atoms with E-state index >= 15 is 0 Å². The zero-order valence-corrected chi connectivity index (χ0v) is 19.1. The molecular weight excluding hydrogens is 492 g/mol. The van der Waals surface area contributed by atoms with Crippen molar-refractivity contribution in [3.63, 3.8) is 0 Å². The van der Waals surface area contributed by atoms with Crippen LogP contribution < -0.4 is 4.90 Å². The van der Waals surface area contributed by atoms with Crippen LogP contribution in [-0.2, 0) is 73.0 Å². The van der Waals surface area contributed by atoms with Crippen LogP contribution in [0.25, 0.3) is 0 Å². The van der Waals surface area contributed by atoms with Gasteiger partial charge in [0.15, 0.2) is 12.2 Å². The first kappa shape index (κ1) is 26.8. The fourth-order valence-corrected chi connectivity index (χ4v) is 4.44. The van der Waals surface area contributed by atoms with Gasteiger partial charge in [-0.15, -0.1) is 0 Å². The largest absolute Gasteiger partial charge is 0.469 e. The number of para-hydroxylation sites is 1. The molecule has 3 aliphatic rings. The molecule has 178 valence electrons. The van der Waals surface area contributed by atoms with Crippen molar-refractivity contribution in [2.75, 3.05) is 12.0 Å². The second-order valence-corrected chi connectivity index (χ2v) is 7.29. The maximum atomic E-state index is 13.1. The Morgan fingerprint density at radius 3 is 2.09 bits per heavy atom. The van der Waals surface area contributed by atoms with Gasteiger partial charge in [-0.25, -0.2) is 4.90 Å². The Kier molecular flexibility index (Phi) is 9.40. The Hall–Kier alpha value is -2.48. The van der Waals surface area contributed by atoms with E-state index in [4.69, 9.17) is 14.3 Å². The van der Waals surface area contributed by atoms with Gasteiger partial charge in [0.1, 0.15) is 12.2 Å². The third-order valence-corrected chi connectivity index (χ3v) is 5.69. The van der Waals surface area contributed by atoms with E-state index in [1.54, 1.807) is 30.3 Å². The van der Waals surface area contributed by atoms with Crippen LogP contribution in [0, 0.1) is 11.8 Å². The molecule has 0 spiro atoms. The fourth-order valence-electron chi connectivity index (χ4n) is 4.34. The Morgan fingerprint density at radius 2 is 1.55 bits per heavy atom. The first-order valence-corrected chi connectivity index (χ1v) is 11.2. The Bertz CT molecular complexity index is 918. The first-order valence-electron chi connectivity index (χ1n) is 9.47. The molecule has 1 aromatic carbocycles. The maximum absolute atomic E-state index is 13.1. The van der Waals surface area contributed by atoms with E-state index in [1.165, 1.54) is 7.11 Å². The minimum atomic E-state index is -0.986. The predicted molar refractivity (Wildman–Crippen MR) is 122 cm³/mol. The van der Waals surface area contributed by atoms with Crippen LogP contribution >= 0.6 is 0 Å². The smallest absolute Gasteiger partial charge is 0.306 e. The molecule has 10 nitrogen and oxygen atoms in total. The van der Waals surface area contributed by atoms with Gasteiger partial charge >= 0.3 is 11.9 Å². The lowest BCUT2D eigenvalue weighted by atomic mass is 9.78. The van der Waals surface area contributed by atoms with Gasteiger partial charge in [0.2, 0.25) is 11.8 Å². The normalized spacial score (nSPS) is 28.7. The third-order valence-electron chi connectivity index (χ3n) is 5.60. The quantitative estimate of drug-likeness (QED) is 0.295. The summed E-state index contributed by atoms with van der Waals surface area (Å²) in [6.07, 6.45) is -4.00. The van der Waals surface area contributed by atoms with Gasteiger partial charge in [-0.3, -0.25) is 19.2 Å². The number of ether oxygens (including phenoxy) is 3. The molecule has 4 rings (SSSR count). The van der Waals surface area contributed by atoms with Gasteiger partial charge < -0.3 is 19.0 Å². The summed E-state index contributed by atoms with van der Waals surface area (Å²) in [5.41, 5.74) is 0.457. The number of methoxy groups -OCH3 is 1. The molecule has 0 saturated carbocycles. The number of hydrogen-bond donors (Lipinski definition) is 0. The van der Waals surface area contributed by atoms with E-state index in [-0.39, 0.29) is 20.3 Å². The summed E-state index contributed by atoms with van der Waals surface area (Å²) in [6.45, 7) is 0. The molecule has 2 bridgehead atoms. The number of carbonyl (C=O) groups is 4. The zero-order valence-electron chi connectivity index (χ0n) is 16.7. The van der Waals surface area contributed by atoms with Crippen LogP contribution in [0.1, 0.15) is 20.3 Å². The molecule has 6 atom stereocenters. The van der Waals surface area contributed by atoms with Crippen molar-refractivity contribution in [3.05, 3.63) is 30.3 Å². The predicted octanol–water partition coefficient (Wildman–Crippen LogP) is 1.10. The molecule has 3 saturated heterocycles. The molecule has 2 amide bonds. The molecular formula is C20H22N2O8S3. The van der Waals surface area contributed by atoms with Gasteiger partial charge in [0, 0.05) is 22.4 Å². The highest BCUT2D eigenvalue weighted by atomic mass is 32.8. The highest BCUT2D eigenvalue weighted by Gasteiger charge is 2.71. The number of hydrogen-bond acceptors (Lipinski definition) is 12. The molecule has 0 aromatic heterocycles. The molecule has 0 aliphatic carbocycles. The maximum Gasteiger partial charge on any atom is 0.306 e. The van der Waals surface area contributed by atoms with Crippen molar-refractivity contribution < 1.29 is 38.2 Å². The molecule has 3 heterocycles. The number of imide groups is 1. The zero-order chi connectivity index (χ0) is 23.4. The number of esters is 2. The number of rotatable bonds is 7. The minimum absolute atomic E-state index is 0. The Labute approximate surface area is 205 Å². The molecule has 1 aromatic rings. The number of benzene rings is 1. The van der Waals surface area contributed by atoms with E-state index in [9.17, 15) is 19.2 Å². The standard InChI is InChI=1S/C19H18N2O8S.CH4.S2/c1-26-10(22)7-8-11(23)27-16-14-12-13(15(28-14)17(16)29-20-30)19(25)21(18(12)24)9-5-3-2-4-6-9;;1-2/h2-6,12-17H,7-8H2,1H3;1H4;. The monoisotopic (exact) mass is 514 g/mol. The van der Waals surface area contributed by atoms with E-state index in [1.807, 2.05) is 0 Å². The second kappa shape index (κ2) is 11.6. The molecule has 0 N–H and O–H groups in total. The van der Waals surface area contributed by atoms with Gasteiger partial charge in [0.25, 0.3) is 0 Å². The van der Waals surface area contributed by atoms with Crippen molar-refractivity contribution in [3.8, 4) is 0 Å². The van der Waals surface area contributed by atoms with Gasteiger partial charge in [-0.1, -0.05) is 25.6 Å².